The summed E-state index contributed by atoms with van der Waals surface area (Å²) in [6.07, 6.45) is 22.8. The van der Waals surface area contributed by atoms with Crippen molar-refractivity contribution in [3.05, 3.63) is 0 Å². The molecule has 0 atom stereocenters. The Morgan fingerprint density at radius 1 is 0.245 bits per heavy atom. The first-order chi connectivity index (χ1) is 23.5. The zero-order chi connectivity index (χ0) is 36.2. The highest BCUT2D eigenvalue weighted by Crippen LogP contribution is 2.21. The van der Waals surface area contributed by atoms with Crippen LogP contribution in [0.2, 0.25) is 0 Å². The largest absolute Gasteiger partial charge is 0.306 e. The summed E-state index contributed by atoms with van der Waals surface area (Å²) < 4.78 is 0. The van der Waals surface area contributed by atoms with Crippen molar-refractivity contribution in [3.63, 3.8) is 0 Å². The fourth-order valence-corrected chi connectivity index (χ4v) is 8.25. The van der Waals surface area contributed by atoms with E-state index in [-0.39, 0.29) is 0 Å². The fraction of sp³-hybridized carbons (Fsp3) is 0.951. The molecule has 0 spiro atoms. The summed E-state index contributed by atoms with van der Waals surface area (Å²) in [6, 6.07) is 0. The van der Waals surface area contributed by atoms with E-state index in [1.807, 2.05) is 0 Å². The van der Waals surface area contributed by atoms with Gasteiger partial charge in [-0.25, -0.2) is 9.21 Å². The van der Waals surface area contributed by atoms with Gasteiger partial charge in [-0.3, -0.25) is 0 Å². The molecule has 7 heterocycles. The molecule has 7 rings (SSSR count). The van der Waals surface area contributed by atoms with Crippen molar-refractivity contribution < 1.29 is 0 Å². The minimum Gasteiger partial charge on any atom is -0.306 e. The lowest BCUT2D eigenvalue weighted by molar-refractivity contribution is 0.229. The van der Waals surface area contributed by atoms with Crippen molar-refractivity contribution in [2.45, 2.75) is 103 Å². The molecule has 294 valence electrons. The summed E-state index contributed by atoms with van der Waals surface area (Å²) in [6.45, 7) is 18.2. The maximum atomic E-state index is 4.11. The number of nitrogens with zero attached hydrogens (tertiary/aromatic N) is 7. The van der Waals surface area contributed by atoms with Crippen molar-refractivity contribution in [2.24, 2.45) is 0 Å². The van der Waals surface area contributed by atoms with Crippen LogP contribution in [0.1, 0.15) is 103 Å². The average molecular weight is 712 g/mol. The molecule has 49 heavy (non-hydrogen) atoms. The molecule has 0 saturated carbocycles. The van der Waals surface area contributed by atoms with E-state index in [0.29, 0.717) is 0 Å². The van der Waals surface area contributed by atoms with Crippen LogP contribution in [0.25, 0.3) is 0 Å². The van der Waals surface area contributed by atoms with Gasteiger partial charge in [-0.05, 0) is 210 Å². The summed E-state index contributed by atoms with van der Waals surface area (Å²) in [5, 5.41) is 0. The quantitative estimate of drug-likeness (QED) is 0.267. The van der Waals surface area contributed by atoms with E-state index in [1.165, 1.54) is 206 Å². The third-order valence-corrected chi connectivity index (χ3v) is 12.9. The number of hydrogen-bond acceptors (Lipinski definition) is 7. The summed E-state index contributed by atoms with van der Waals surface area (Å²) in [5.74, 6) is 10.7. The Morgan fingerprint density at radius 2 is 0.408 bits per heavy atom. The van der Waals surface area contributed by atoms with Crippen molar-refractivity contribution in [1.82, 2.24) is 34.3 Å². The van der Waals surface area contributed by atoms with Crippen LogP contribution >= 0.6 is 9.21 Å². The highest BCUT2D eigenvalue weighted by atomic mass is 32.2. The highest BCUT2D eigenvalue weighted by Gasteiger charge is 2.09. The molecule has 0 radical (unpaired) electrons. The van der Waals surface area contributed by atoms with Gasteiger partial charge >= 0.3 is 0 Å². The summed E-state index contributed by atoms with van der Waals surface area (Å²) in [5.41, 5.74) is 0. The minimum atomic E-state index is -0.657. The van der Waals surface area contributed by atoms with Gasteiger partial charge in [-0.1, -0.05) is 43.8 Å². The van der Waals surface area contributed by atoms with Crippen LogP contribution in [0.3, 0.4) is 0 Å². The molecule has 7 fully saturated rings. The second-order valence-electron chi connectivity index (χ2n) is 16.4. The number of hydrogen-bond donors (Lipinski definition) is 0. The summed E-state index contributed by atoms with van der Waals surface area (Å²) in [7, 11) is 14.6. The fourth-order valence-electron chi connectivity index (χ4n) is 6.65. The van der Waals surface area contributed by atoms with Gasteiger partial charge in [0.15, 0.2) is 0 Å². The third kappa shape index (κ3) is 30.0. The van der Waals surface area contributed by atoms with Gasteiger partial charge in [-0.2, -0.15) is 0 Å². The molecule has 0 bridgehead atoms. The Labute approximate surface area is 309 Å². The molecule has 8 heteroatoms. The predicted molar refractivity (Wildman–Crippen MR) is 228 cm³/mol. The Balaban J connectivity index is 0.000000287. The Kier molecular flexibility index (Phi) is 28.9. The van der Waals surface area contributed by atoms with Crippen LogP contribution in [0.5, 0.6) is 0 Å². The third-order valence-electron chi connectivity index (χ3n) is 10.8. The monoisotopic (exact) mass is 712 g/mol. The summed E-state index contributed by atoms with van der Waals surface area (Å²) >= 11 is 0. The molecule has 0 unspecified atom stereocenters. The normalized spacial score (nSPS) is 25.9. The Hall–Kier alpha value is -0.190. The van der Waals surface area contributed by atoms with E-state index < -0.39 is 9.21 Å². The summed E-state index contributed by atoms with van der Waals surface area (Å²) in [4.78, 5) is 16.6. The predicted octanol–water partition coefficient (Wildman–Crippen LogP) is 6.43. The first-order valence-corrected chi connectivity index (χ1v) is 23.0. The van der Waals surface area contributed by atoms with Crippen molar-refractivity contribution in [1.29, 1.82) is 0 Å². The second kappa shape index (κ2) is 30.3. The molecule has 0 amide bonds. The van der Waals surface area contributed by atoms with E-state index >= 15 is 0 Å². The van der Waals surface area contributed by atoms with Gasteiger partial charge in [0.2, 0.25) is 0 Å². The molecule has 7 aliphatic rings. The SMILES string of the molecule is C=S1(=C)CCN(C)CC1.CN1CCC1.CN1CCCC1.CN1CCCCC1.CN1CCCCC1.CN1CCCCC1.CN1CCCCCC1. The lowest BCUT2D eigenvalue weighted by Crippen LogP contribution is -2.32. The van der Waals surface area contributed by atoms with Gasteiger partial charge < -0.3 is 34.3 Å². The molecule has 7 aliphatic heterocycles. The van der Waals surface area contributed by atoms with Crippen LogP contribution in [0, 0.1) is 0 Å². The highest BCUT2D eigenvalue weighted by molar-refractivity contribution is 8.27. The standard InChI is InChI=1S/C7H15NS.C7H15N.3C6H13N.C5H11N.C4H9N/c1-8-4-6-9(2,3)7-5-8;1-8-6-4-2-3-5-7-8;3*1-7-5-3-2-4-6-7;1-6-4-2-3-5-6;1-5-3-2-4-5/h2-7H2,1H3;2-7H2,1H3;3*2-6H2,1H3;2-5H2,1H3;2-4H2,1H3. The molecule has 7 saturated heterocycles. The van der Waals surface area contributed by atoms with Crippen LogP contribution in [-0.2, 0) is 0 Å². The topological polar surface area (TPSA) is 22.7 Å². The van der Waals surface area contributed by atoms with E-state index in [2.05, 4.69) is 95.4 Å². The van der Waals surface area contributed by atoms with E-state index in [4.69, 9.17) is 0 Å². The van der Waals surface area contributed by atoms with Crippen LogP contribution in [0.15, 0.2) is 0 Å². The van der Waals surface area contributed by atoms with Crippen molar-refractivity contribution >= 4 is 20.9 Å². The van der Waals surface area contributed by atoms with E-state index in [1.54, 1.807) is 0 Å². The Bertz CT molecular complexity index is 750. The van der Waals surface area contributed by atoms with Crippen molar-refractivity contribution in [3.8, 4) is 0 Å². The molecule has 0 aromatic heterocycles. The zero-order valence-corrected chi connectivity index (χ0v) is 35.4. The smallest absolute Gasteiger partial charge is 0.00605 e. The maximum absolute atomic E-state index is 4.11. The van der Waals surface area contributed by atoms with E-state index in [9.17, 15) is 0 Å². The molecular formula is C41H89N7S. The number of likely N-dealkylation sites (tertiary alicyclic amines) is 6. The van der Waals surface area contributed by atoms with Crippen molar-refractivity contribution in [2.75, 3.05) is 152 Å². The zero-order valence-electron chi connectivity index (χ0n) is 34.6. The average Bonchev–Trinajstić information content (AvgIpc) is 3.44. The van der Waals surface area contributed by atoms with Gasteiger partial charge in [0.1, 0.15) is 0 Å². The molecule has 7 nitrogen and oxygen atoms in total. The molecule has 0 aromatic carbocycles. The maximum Gasteiger partial charge on any atom is 0.00605 e. The minimum absolute atomic E-state index is 0.657. The molecule has 0 aliphatic carbocycles. The van der Waals surface area contributed by atoms with Crippen LogP contribution in [-0.4, -0.2) is 199 Å². The van der Waals surface area contributed by atoms with E-state index in [0.717, 1.165) is 0 Å². The van der Waals surface area contributed by atoms with Gasteiger partial charge in [0.25, 0.3) is 0 Å². The number of rotatable bonds is 0. The molecular weight excluding hydrogens is 623 g/mol. The number of piperidine rings is 3. The lowest BCUT2D eigenvalue weighted by Gasteiger charge is -2.27. The Morgan fingerprint density at radius 3 is 0.571 bits per heavy atom. The van der Waals surface area contributed by atoms with Crippen LogP contribution in [0.4, 0.5) is 0 Å². The van der Waals surface area contributed by atoms with Crippen LogP contribution < -0.4 is 0 Å². The van der Waals surface area contributed by atoms with Gasteiger partial charge in [0.05, 0.1) is 0 Å². The second-order valence-corrected chi connectivity index (χ2v) is 19.7. The molecule has 0 N–H and O–H groups in total. The first kappa shape index (κ1) is 46.8. The van der Waals surface area contributed by atoms with Gasteiger partial charge in [-0.15, -0.1) is 0 Å². The first-order valence-electron chi connectivity index (χ1n) is 20.7. The lowest BCUT2D eigenvalue weighted by atomic mass is 10.1. The molecule has 0 aromatic rings. The van der Waals surface area contributed by atoms with Gasteiger partial charge in [0, 0.05) is 13.1 Å².